The van der Waals surface area contributed by atoms with Crippen molar-refractivity contribution in [1.82, 2.24) is 0 Å². The van der Waals surface area contributed by atoms with Crippen LogP contribution in [0, 0.1) is 27.2 Å². The highest BCUT2D eigenvalue weighted by Crippen LogP contribution is 2.41. The Kier molecular flexibility index (Phi) is 4.07. The Morgan fingerprint density at radius 1 is 1.28 bits per heavy atom. The largest absolute Gasteiger partial charge is 0.372 e. The number of anilines is 1. The van der Waals surface area contributed by atoms with Gasteiger partial charge in [0.1, 0.15) is 0 Å². The Balaban J connectivity index is 3.63. The molecule has 0 aliphatic heterocycles. The predicted molar refractivity (Wildman–Crippen MR) is 68.3 cm³/mol. The molecule has 1 aromatic carbocycles. The van der Waals surface area contributed by atoms with Crippen molar-refractivity contribution in [2.75, 3.05) is 5.32 Å². The molecule has 0 atom stereocenters. The average Bonchev–Trinajstić information content (AvgIpc) is 2.21. The molecule has 0 unspecified atom stereocenters. The minimum absolute atomic E-state index is 0.00251. The van der Waals surface area contributed by atoms with Crippen LogP contribution in [-0.2, 0) is 0 Å². The van der Waals surface area contributed by atoms with Crippen LogP contribution in [0.3, 0.4) is 0 Å². The predicted octanol–water partition coefficient (Wildman–Crippen LogP) is 3.29. The second kappa shape index (κ2) is 5.18. The maximum Gasteiger partial charge on any atom is 0.303 e. The maximum absolute atomic E-state index is 11.0. The molecule has 7 nitrogen and oxygen atoms in total. The molecule has 0 heterocycles. The molecular formula is C10H12ClN3O4. The molecule has 0 aromatic heterocycles. The molecule has 0 saturated heterocycles. The summed E-state index contributed by atoms with van der Waals surface area (Å²) in [6.45, 7) is 4.92. The summed E-state index contributed by atoms with van der Waals surface area (Å²) in [5.41, 5.74) is -0.661. The summed E-state index contributed by atoms with van der Waals surface area (Å²) < 4.78 is 0. The number of halogens is 1. The van der Waals surface area contributed by atoms with E-state index < -0.39 is 15.5 Å². The van der Waals surface area contributed by atoms with Gasteiger partial charge in [0.25, 0.3) is 0 Å². The maximum atomic E-state index is 11.0. The normalized spacial score (nSPS) is 10.5. The second-order valence-electron chi connectivity index (χ2n) is 4.04. The van der Waals surface area contributed by atoms with Crippen LogP contribution in [0.1, 0.15) is 19.4 Å². The molecule has 0 bridgehead atoms. The van der Waals surface area contributed by atoms with Gasteiger partial charge in [-0.1, -0.05) is 11.6 Å². The molecule has 0 aliphatic rings. The zero-order valence-corrected chi connectivity index (χ0v) is 10.8. The fourth-order valence-electron chi connectivity index (χ4n) is 1.53. The van der Waals surface area contributed by atoms with E-state index in [-0.39, 0.29) is 28.0 Å². The molecule has 0 spiro atoms. The Bertz CT molecular complexity index is 516. The molecule has 0 fully saturated rings. The number of benzene rings is 1. The molecule has 1 N–H and O–H groups in total. The number of hydrogen-bond acceptors (Lipinski definition) is 5. The van der Waals surface area contributed by atoms with E-state index in [1.807, 2.05) is 0 Å². The number of nitrogens with one attached hydrogen (secondary N) is 1. The molecule has 98 valence electrons. The third kappa shape index (κ3) is 2.67. The van der Waals surface area contributed by atoms with Gasteiger partial charge in [-0.15, -0.1) is 0 Å². The highest BCUT2D eigenvalue weighted by molar-refractivity contribution is 6.32. The summed E-state index contributed by atoms with van der Waals surface area (Å²) in [4.78, 5) is 20.6. The summed E-state index contributed by atoms with van der Waals surface area (Å²) in [5.74, 6) is 0. The number of hydrogen-bond donors (Lipinski definition) is 1. The first-order valence-electron chi connectivity index (χ1n) is 5.14. The highest BCUT2D eigenvalue weighted by atomic mass is 35.5. The van der Waals surface area contributed by atoms with Crippen molar-refractivity contribution in [3.8, 4) is 0 Å². The van der Waals surface area contributed by atoms with Gasteiger partial charge in [0, 0.05) is 17.7 Å². The summed E-state index contributed by atoms with van der Waals surface area (Å²) in [5, 5.41) is 24.7. The molecule has 8 heteroatoms. The summed E-state index contributed by atoms with van der Waals surface area (Å²) in [6, 6.07) is 0.942. The van der Waals surface area contributed by atoms with Gasteiger partial charge in [0.2, 0.25) is 0 Å². The van der Waals surface area contributed by atoms with Crippen molar-refractivity contribution >= 4 is 28.7 Å². The molecule has 18 heavy (non-hydrogen) atoms. The van der Waals surface area contributed by atoms with Gasteiger partial charge in [0.15, 0.2) is 5.69 Å². The minimum Gasteiger partial charge on any atom is -0.372 e. The van der Waals surface area contributed by atoms with Crippen LogP contribution in [-0.4, -0.2) is 15.9 Å². The van der Waals surface area contributed by atoms with Gasteiger partial charge < -0.3 is 5.32 Å². The van der Waals surface area contributed by atoms with Crippen LogP contribution in [0.25, 0.3) is 0 Å². The molecular weight excluding hydrogens is 262 g/mol. The standard InChI is InChI=1S/C10H12ClN3O4/c1-5(2)12-9-8(13(15)16)4-7(11)6(3)10(9)14(17)18/h4-5,12H,1-3H3. The first-order chi connectivity index (χ1) is 8.25. The molecule has 1 rings (SSSR count). The van der Waals surface area contributed by atoms with E-state index >= 15 is 0 Å². The van der Waals surface area contributed by atoms with E-state index in [1.54, 1.807) is 13.8 Å². The summed E-state index contributed by atoms with van der Waals surface area (Å²) in [6.07, 6.45) is 0. The van der Waals surface area contributed by atoms with Gasteiger partial charge in [-0.3, -0.25) is 20.2 Å². The van der Waals surface area contributed by atoms with Crippen molar-refractivity contribution in [3.63, 3.8) is 0 Å². The van der Waals surface area contributed by atoms with Gasteiger partial charge in [-0.2, -0.15) is 0 Å². The zero-order valence-electron chi connectivity index (χ0n) is 10.1. The zero-order chi connectivity index (χ0) is 14.0. The van der Waals surface area contributed by atoms with Crippen molar-refractivity contribution in [3.05, 3.63) is 36.9 Å². The second-order valence-corrected chi connectivity index (χ2v) is 4.45. The van der Waals surface area contributed by atoms with E-state index in [0.29, 0.717) is 0 Å². The highest BCUT2D eigenvalue weighted by Gasteiger charge is 2.30. The minimum atomic E-state index is -0.691. The fraction of sp³-hybridized carbons (Fsp3) is 0.400. The lowest BCUT2D eigenvalue weighted by molar-refractivity contribution is -0.392. The van der Waals surface area contributed by atoms with Crippen LogP contribution in [0.4, 0.5) is 17.1 Å². The lowest BCUT2D eigenvalue weighted by atomic mass is 10.1. The van der Waals surface area contributed by atoms with E-state index in [0.717, 1.165) is 6.07 Å². The quantitative estimate of drug-likeness (QED) is 0.670. The smallest absolute Gasteiger partial charge is 0.303 e. The monoisotopic (exact) mass is 273 g/mol. The van der Waals surface area contributed by atoms with Crippen molar-refractivity contribution in [2.45, 2.75) is 26.8 Å². The summed E-state index contributed by atoms with van der Waals surface area (Å²) in [7, 11) is 0. The van der Waals surface area contributed by atoms with Crippen LogP contribution in [0.2, 0.25) is 5.02 Å². The number of nitrogens with zero attached hydrogens (tertiary/aromatic N) is 2. The van der Waals surface area contributed by atoms with Gasteiger partial charge in [-0.05, 0) is 20.8 Å². The number of nitro groups is 2. The topological polar surface area (TPSA) is 98.3 Å². The number of nitro benzene ring substituents is 2. The van der Waals surface area contributed by atoms with Gasteiger partial charge >= 0.3 is 11.4 Å². The Morgan fingerprint density at radius 3 is 2.22 bits per heavy atom. The Hall–Kier alpha value is -1.89. The Morgan fingerprint density at radius 2 is 1.83 bits per heavy atom. The van der Waals surface area contributed by atoms with Crippen LogP contribution < -0.4 is 5.32 Å². The first kappa shape index (κ1) is 14.2. The average molecular weight is 274 g/mol. The molecule has 0 amide bonds. The summed E-state index contributed by atoms with van der Waals surface area (Å²) >= 11 is 5.78. The van der Waals surface area contributed by atoms with E-state index in [1.165, 1.54) is 6.92 Å². The van der Waals surface area contributed by atoms with E-state index in [9.17, 15) is 20.2 Å². The van der Waals surface area contributed by atoms with E-state index in [2.05, 4.69) is 5.32 Å². The third-order valence-corrected chi connectivity index (χ3v) is 2.67. The van der Waals surface area contributed by atoms with Gasteiger partial charge in [0.05, 0.1) is 14.9 Å². The Labute approximate surface area is 108 Å². The van der Waals surface area contributed by atoms with E-state index in [4.69, 9.17) is 11.6 Å². The molecule has 0 aliphatic carbocycles. The van der Waals surface area contributed by atoms with Crippen molar-refractivity contribution in [2.24, 2.45) is 0 Å². The van der Waals surface area contributed by atoms with Crippen molar-refractivity contribution < 1.29 is 9.85 Å². The molecule has 0 radical (unpaired) electrons. The lowest BCUT2D eigenvalue weighted by Gasteiger charge is -2.12. The number of rotatable bonds is 4. The van der Waals surface area contributed by atoms with Crippen LogP contribution >= 0.6 is 11.6 Å². The lowest BCUT2D eigenvalue weighted by Crippen LogP contribution is -2.14. The molecule has 1 aromatic rings. The van der Waals surface area contributed by atoms with Crippen LogP contribution in [0.15, 0.2) is 6.07 Å². The van der Waals surface area contributed by atoms with Gasteiger partial charge in [-0.25, -0.2) is 0 Å². The fourth-order valence-corrected chi connectivity index (χ4v) is 1.72. The van der Waals surface area contributed by atoms with Crippen LogP contribution in [0.5, 0.6) is 0 Å². The first-order valence-corrected chi connectivity index (χ1v) is 5.52. The SMILES string of the molecule is Cc1c(Cl)cc([N+](=O)[O-])c(NC(C)C)c1[N+](=O)[O-]. The molecule has 0 saturated carbocycles. The van der Waals surface area contributed by atoms with Crippen molar-refractivity contribution in [1.29, 1.82) is 0 Å². The third-order valence-electron chi connectivity index (χ3n) is 2.28.